The molecule has 3 aromatic rings. The zero-order valence-corrected chi connectivity index (χ0v) is 20.5. The Morgan fingerprint density at radius 3 is 2.67 bits per heavy atom. The van der Waals surface area contributed by atoms with E-state index in [4.69, 9.17) is 21.4 Å². The molecule has 1 aromatic heterocycles. The first-order chi connectivity index (χ1) is 16.0. The molecule has 4 rings (SSSR count). The SMILES string of the molecule is CCCCOc1ccc(C2C(C(C)=O)=C(C)Nc3nc(SCc4ccccc4Cl)nn32)cc1. The number of carbonyl (C=O) groups excluding carboxylic acids is 1. The van der Waals surface area contributed by atoms with Gasteiger partial charge in [0.05, 0.1) is 6.61 Å². The second kappa shape index (κ2) is 10.4. The van der Waals surface area contributed by atoms with Gasteiger partial charge in [-0.3, -0.25) is 4.79 Å². The third-order valence-corrected chi connectivity index (χ3v) is 6.74. The molecular weight excluding hydrogens is 456 g/mol. The molecule has 1 unspecified atom stereocenters. The van der Waals surface area contributed by atoms with Gasteiger partial charge < -0.3 is 10.1 Å². The van der Waals surface area contributed by atoms with Crippen LogP contribution in [0.1, 0.15) is 50.8 Å². The van der Waals surface area contributed by atoms with Gasteiger partial charge >= 0.3 is 0 Å². The number of anilines is 1. The van der Waals surface area contributed by atoms with Crippen molar-refractivity contribution in [2.24, 2.45) is 0 Å². The van der Waals surface area contributed by atoms with Gasteiger partial charge in [0.15, 0.2) is 5.78 Å². The van der Waals surface area contributed by atoms with Crippen molar-refractivity contribution in [1.29, 1.82) is 0 Å². The summed E-state index contributed by atoms with van der Waals surface area (Å²) in [5.41, 5.74) is 3.45. The lowest BCUT2D eigenvalue weighted by molar-refractivity contribution is -0.114. The van der Waals surface area contributed by atoms with Crippen LogP contribution in [0.25, 0.3) is 0 Å². The highest BCUT2D eigenvalue weighted by molar-refractivity contribution is 7.98. The molecule has 0 radical (unpaired) electrons. The standard InChI is InChI=1S/C25H27ClN4O2S/c1-4-5-14-32-20-12-10-18(11-13-20)23-22(17(3)31)16(2)27-24-28-25(29-30(23)24)33-15-19-8-6-7-9-21(19)26/h6-13,23H,4-5,14-15H2,1-3H3,(H,27,28,29). The molecule has 0 saturated carbocycles. The Hall–Kier alpha value is -2.77. The number of fused-ring (bicyclic) bond motifs is 1. The Balaban J connectivity index is 1.62. The number of benzene rings is 2. The summed E-state index contributed by atoms with van der Waals surface area (Å²) in [5, 5.41) is 9.35. The second-order valence-corrected chi connectivity index (χ2v) is 9.29. The number of rotatable bonds is 9. The van der Waals surface area contributed by atoms with Crippen LogP contribution in [0.4, 0.5) is 5.95 Å². The number of hydrogen-bond donors (Lipinski definition) is 1. The maximum Gasteiger partial charge on any atom is 0.227 e. The lowest BCUT2D eigenvalue weighted by Crippen LogP contribution is -2.27. The fourth-order valence-electron chi connectivity index (χ4n) is 3.80. The minimum atomic E-state index is -0.356. The summed E-state index contributed by atoms with van der Waals surface area (Å²) in [6.45, 7) is 6.32. The third-order valence-electron chi connectivity index (χ3n) is 5.49. The van der Waals surface area contributed by atoms with E-state index in [0.717, 1.165) is 40.4 Å². The molecule has 33 heavy (non-hydrogen) atoms. The van der Waals surface area contributed by atoms with E-state index < -0.39 is 0 Å². The van der Waals surface area contributed by atoms with Crippen LogP contribution >= 0.6 is 23.4 Å². The van der Waals surface area contributed by atoms with Crippen molar-refractivity contribution in [3.63, 3.8) is 0 Å². The first kappa shape index (κ1) is 23.4. The topological polar surface area (TPSA) is 69.0 Å². The zero-order chi connectivity index (χ0) is 23.4. The maximum atomic E-state index is 12.6. The summed E-state index contributed by atoms with van der Waals surface area (Å²) in [7, 11) is 0. The van der Waals surface area contributed by atoms with Crippen molar-refractivity contribution in [1.82, 2.24) is 14.8 Å². The van der Waals surface area contributed by atoms with Crippen molar-refractivity contribution in [2.75, 3.05) is 11.9 Å². The van der Waals surface area contributed by atoms with E-state index in [0.29, 0.717) is 29.0 Å². The van der Waals surface area contributed by atoms with Gasteiger partial charge in [-0.2, -0.15) is 4.98 Å². The van der Waals surface area contributed by atoms with Gasteiger partial charge in [0.25, 0.3) is 0 Å². The molecule has 6 nitrogen and oxygen atoms in total. The number of hydrogen-bond acceptors (Lipinski definition) is 6. The summed E-state index contributed by atoms with van der Waals surface area (Å²) in [5.74, 6) is 2.09. The average molecular weight is 483 g/mol. The number of ketones is 1. The minimum absolute atomic E-state index is 0.000284. The van der Waals surface area contributed by atoms with Crippen LogP contribution in [0.2, 0.25) is 5.02 Å². The number of nitrogens with zero attached hydrogens (tertiary/aromatic N) is 3. The first-order valence-electron chi connectivity index (χ1n) is 11.0. The Morgan fingerprint density at radius 2 is 1.97 bits per heavy atom. The summed E-state index contributed by atoms with van der Waals surface area (Å²) >= 11 is 7.81. The number of aromatic nitrogens is 3. The molecule has 2 aromatic carbocycles. The van der Waals surface area contributed by atoms with Gasteiger partial charge in [0.1, 0.15) is 11.8 Å². The van der Waals surface area contributed by atoms with Gasteiger partial charge in [0, 0.05) is 22.0 Å². The van der Waals surface area contributed by atoms with Crippen LogP contribution < -0.4 is 10.1 Å². The molecule has 2 heterocycles. The first-order valence-corrected chi connectivity index (χ1v) is 12.4. The van der Waals surface area contributed by atoms with Crippen LogP contribution in [0.15, 0.2) is 65.0 Å². The van der Waals surface area contributed by atoms with Crippen LogP contribution in [-0.2, 0) is 10.5 Å². The fourth-order valence-corrected chi connectivity index (χ4v) is 4.91. The highest BCUT2D eigenvalue weighted by Gasteiger charge is 2.32. The smallest absolute Gasteiger partial charge is 0.227 e. The Bertz CT molecular complexity index is 1170. The average Bonchev–Trinajstić information content (AvgIpc) is 3.20. The number of ether oxygens (including phenoxy) is 1. The van der Waals surface area contributed by atoms with Crippen LogP contribution in [0, 0.1) is 0 Å². The lowest BCUT2D eigenvalue weighted by Gasteiger charge is -2.28. The zero-order valence-electron chi connectivity index (χ0n) is 19.0. The van der Waals surface area contributed by atoms with Gasteiger partial charge in [0.2, 0.25) is 11.1 Å². The summed E-state index contributed by atoms with van der Waals surface area (Å²) in [4.78, 5) is 17.3. The van der Waals surface area contributed by atoms with E-state index in [2.05, 4.69) is 17.2 Å². The van der Waals surface area contributed by atoms with E-state index in [1.165, 1.54) is 11.8 Å². The largest absolute Gasteiger partial charge is 0.494 e. The lowest BCUT2D eigenvalue weighted by atomic mass is 9.93. The van der Waals surface area contributed by atoms with Crippen molar-refractivity contribution in [3.8, 4) is 5.75 Å². The van der Waals surface area contributed by atoms with Gasteiger partial charge in [-0.25, -0.2) is 4.68 Å². The van der Waals surface area contributed by atoms with Crippen molar-refractivity contribution in [3.05, 3.63) is 76.0 Å². The predicted octanol–water partition coefficient (Wildman–Crippen LogP) is 6.28. The molecule has 172 valence electrons. The van der Waals surface area contributed by atoms with Gasteiger partial charge in [-0.15, -0.1) is 5.10 Å². The monoisotopic (exact) mass is 482 g/mol. The van der Waals surface area contributed by atoms with E-state index in [-0.39, 0.29) is 11.8 Å². The van der Waals surface area contributed by atoms with Crippen LogP contribution in [0.3, 0.4) is 0 Å². The molecule has 0 saturated heterocycles. The van der Waals surface area contributed by atoms with E-state index >= 15 is 0 Å². The molecule has 0 aliphatic carbocycles. The molecule has 0 fully saturated rings. The maximum absolute atomic E-state index is 12.6. The van der Waals surface area contributed by atoms with Gasteiger partial charge in [-0.05, 0) is 49.6 Å². The Labute approximate surface area is 203 Å². The van der Waals surface area contributed by atoms with Gasteiger partial charge in [-0.1, -0.05) is 67.0 Å². The second-order valence-electron chi connectivity index (χ2n) is 7.94. The van der Waals surface area contributed by atoms with Crippen LogP contribution in [0.5, 0.6) is 5.75 Å². The number of allylic oxidation sites excluding steroid dienone is 2. The molecule has 8 heteroatoms. The Morgan fingerprint density at radius 1 is 1.21 bits per heavy atom. The Kier molecular flexibility index (Phi) is 7.40. The van der Waals surface area contributed by atoms with E-state index in [9.17, 15) is 4.79 Å². The fraction of sp³-hybridized carbons (Fsp3) is 0.320. The number of Topliss-reactive ketones (excluding diaryl/α,β-unsaturated/α-hetero) is 1. The molecule has 1 N–H and O–H groups in total. The van der Waals surface area contributed by atoms with Crippen LogP contribution in [-0.4, -0.2) is 27.2 Å². The molecular formula is C25H27ClN4O2S. The van der Waals surface area contributed by atoms with E-state index in [1.807, 2.05) is 55.5 Å². The van der Waals surface area contributed by atoms with Crippen molar-refractivity contribution < 1.29 is 9.53 Å². The van der Waals surface area contributed by atoms with Crippen molar-refractivity contribution >= 4 is 35.1 Å². The summed E-state index contributed by atoms with van der Waals surface area (Å²) in [6.07, 6.45) is 2.11. The highest BCUT2D eigenvalue weighted by Crippen LogP contribution is 2.37. The number of halogens is 1. The third kappa shape index (κ3) is 5.25. The molecule has 1 atom stereocenters. The molecule has 0 spiro atoms. The van der Waals surface area contributed by atoms with Crippen molar-refractivity contribution in [2.45, 2.75) is 50.6 Å². The molecule has 1 aliphatic rings. The predicted molar refractivity (Wildman–Crippen MR) is 133 cm³/mol. The normalized spacial score (nSPS) is 15.2. The number of nitrogens with one attached hydrogen (secondary N) is 1. The number of unbranched alkanes of at least 4 members (excludes halogenated alkanes) is 1. The number of thioether (sulfide) groups is 1. The molecule has 1 aliphatic heterocycles. The number of carbonyl (C=O) groups is 1. The minimum Gasteiger partial charge on any atom is -0.494 e. The molecule has 0 amide bonds. The summed E-state index contributed by atoms with van der Waals surface area (Å²) < 4.78 is 7.60. The summed E-state index contributed by atoms with van der Waals surface area (Å²) in [6, 6.07) is 15.3. The quantitative estimate of drug-likeness (QED) is 0.286. The molecule has 0 bridgehead atoms. The highest BCUT2D eigenvalue weighted by atomic mass is 35.5. The van der Waals surface area contributed by atoms with E-state index in [1.54, 1.807) is 11.6 Å².